The Morgan fingerprint density at radius 1 is 0.889 bits per heavy atom. The number of benzene rings is 1. The predicted octanol–water partition coefficient (Wildman–Crippen LogP) is 1.04. The van der Waals surface area contributed by atoms with Crippen LogP contribution in [0.5, 0.6) is 0 Å². The van der Waals surface area contributed by atoms with Gasteiger partial charge in [-0.3, -0.25) is 0 Å². The molecule has 0 atom stereocenters. The fraction of sp³-hybridized carbons (Fsp3) is 0.143. The molecule has 1 rings (SSSR count). The third-order valence-electron chi connectivity index (χ3n) is 2.00. The van der Waals surface area contributed by atoms with Crippen LogP contribution in [0.3, 0.4) is 0 Å². The standard InChI is InChI=1S/C14H10O4/c1-3-13(15)17-9-11-5-7-12(8-6-11)10-18-14(16)4-2/h1-2,5-8H,9-10H2. The smallest absolute Gasteiger partial charge is 0.384 e. The first-order valence-electron chi connectivity index (χ1n) is 5.00. The van der Waals surface area contributed by atoms with E-state index in [9.17, 15) is 9.59 Å². The molecule has 0 amide bonds. The van der Waals surface area contributed by atoms with Gasteiger partial charge in [0, 0.05) is 11.8 Å². The number of ether oxygens (including phenoxy) is 2. The van der Waals surface area contributed by atoms with Crippen molar-refractivity contribution in [1.29, 1.82) is 0 Å². The van der Waals surface area contributed by atoms with E-state index in [1.165, 1.54) is 0 Å². The highest BCUT2D eigenvalue weighted by Crippen LogP contribution is 2.07. The lowest BCUT2D eigenvalue weighted by atomic mass is 10.1. The lowest BCUT2D eigenvalue weighted by Gasteiger charge is -2.04. The zero-order valence-corrected chi connectivity index (χ0v) is 9.51. The molecule has 0 bridgehead atoms. The maximum absolute atomic E-state index is 10.7. The van der Waals surface area contributed by atoms with E-state index in [1.54, 1.807) is 24.3 Å². The molecule has 90 valence electrons. The SMILES string of the molecule is C#CC(=O)OCc1ccc(COC(=O)C#C)cc1. The van der Waals surface area contributed by atoms with Crippen molar-refractivity contribution in [3.63, 3.8) is 0 Å². The lowest BCUT2D eigenvalue weighted by molar-refractivity contribution is -0.138. The highest BCUT2D eigenvalue weighted by molar-refractivity contribution is 5.87. The van der Waals surface area contributed by atoms with Crippen LogP contribution < -0.4 is 0 Å². The van der Waals surface area contributed by atoms with Gasteiger partial charge in [-0.2, -0.15) is 0 Å². The summed E-state index contributed by atoms with van der Waals surface area (Å²) in [5.41, 5.74) is 1.57. The van der Waals surface area contributed by atoms with Crippen LogP contribution in [-0.4, -0.2) is 11.9 Å². The van der Waals surface area contributed by atoms with Crippen LogP contribution in [0.15, 0.2) is 24.3 Å². The molecule has 0 spiro atoms. The maximum atomic E-state index is 10.7. The molecule has 0 saturated heterocycles. The minimum Gasteiger partial charge on any atom is -0.451 e. The highest BCUT2D eigenvalue weighted by atomic mass is 16.5. The molecule has 4 heteroatoms. The van der Waals surface area contributed by atoms with Crippen molar-refractivity contribution in [2.24, 2.45) is 0 Å². The van der Waals surface area contributed by atoms with Gasteiger partial charge in [-0.25, -0.2) is 9.59 Å². The Kier molecular flexibility index (Phi) is 5.02. The number of rotatable bonds is 4. The molecule has 0 fully saturated rings. The van der Waals surface area contributed by atoms with Gasteiger partial charge in [0.15, 0.2) is 0 Å². The minimum absolute atomic E-state index is 0.105. The lowest BCUT2D eigenvalue weighted by Crippen LogP contribution is -2.02. The quantitative estimate of drug-likeness (QED) is 0.449. The van der Waals surface area contributed by atoms with E-state index in [1.807, 2.05) is 11.8 Å². The largest absolute Gasteiger partial charge is 0.451 e. The van der Waals surface area contributed by atoms with Gasteiger partial charge in [-0.05, 0) is 11.1 Å². The predicted molar refractivity (Wildman–Crippen MR) is 63.7 cm³/mol. The molecule has 0 heterocycles. The van der Waals surface area contributed by atoms with Crippen molar-refractivity contribution < 1.29 is 19.1 Å². The van der Waals surface area contributed by atoms with Crippen molar-refractivity contribution in [3.05, 3.63) is 35.4 Å². The first-order valence-corrected chi connectivity index (χ1v) is 5.00. The van der Waals surface area contributed by atoms with Gasteiger partial charge in [-0.1, -0.05) is 24.3 Å². The van der Waals surface area contributed by atoms with Gasteiger partial charge in [0.05, 0.1) is 0 Å². The van der Waals surface area contributed by atoms with Crippen LogP contribution in [0.4, 0.5) is 0 Å². The monoisotopic (exact) mass is 242 g/mol. The van der Waals surface area contributed by atoms with E-state index in [-0.39, 0.29) is 13.2 Å². The third kappa shape index (κ3) is 4.42. The first kappa shape index (κ1) is 13.3. The van der Waals surface area contributed by atoms with Crippen molar-refractivity contribution in [2.45, 2.75) is 13.2 Å². The fourth-order valence-corrected chi connectivity index (χ4v) is 1.11. The maximum Gasteiger partial charge on any atom is 0.384 e. The molecule has 1 aromatic rings. The van der Waals surface area contributed by atoms with Crippen molar-refractivity contribution in [1.82, 2.24) is 0 Å². The Morgan fingerprint density at radius 2 is 1.22 bits per heavy atom. The summed E-state index contributed by atoms with van der Waals surface area (Å²) < 4.78 is 9.49. The molecule has 0 saturated carbocycles. The van der Waals surface area contributed by atoms with E-state index < -0.39 is 11.9 Å². The summed E-state index contributed by atoms with van der Waals surface area (Å²) in [6.07, 6.45) is 9.70. The number of hydrogen-bond acceptors (Lipinski definition) is 4. The van der Waals surface area contributed by atoms with E-state index in [0.717, 1.165) is 11.1 Å². The van der Waals surface area contributed by atoms with Crippen LogP contribution >= 0.6 is 0 Å². The molecule has 0 radical (unpaired) electrons. The first-order chi connectivity index (χ1) is 8.65. The summed E-state index contributed by atoms with van der Waals surface area (Å²) in [7, 11) is 0. The molecule has 0 aromatic heterocycles. The van der Waals surface area contributed by atoms with Gasteiger partial charge in [0.2, 0.25) is 0 Å². The second kappa shape index (κ2) is 6.78. The topological polar surface area (TPSA) is 52.6 Å². The van der Waals surface area contributed by atoms with E-state index >= 15 is 0 Å². The fourth-order valence-electron chi connectivity index (χ4n) is 1.11. The molecule has 0 unspecified atom stereocenters. The van der Waals surface area contributed by atoms with Crippen LogP contribution in [0.25, 0.3) is 0 Å². The third-order valence-corrected chi connectivity index (χ3v) is 2.00. The van der Waals surface area contributed by atoms with E-state index in [4.69, 9.17) is 22.3 Å². The summed E-state index contributed by atoms with van der Waals surface area (Å²) in [6, 6.07) is 6.96. The molecule has 1 aromatic carbocycles. The number of hydrogen-bond donors (Lipinski definition) is 0. The van der Waals surface area contributed by atoms with Gasteiger partial charge >= 0.3 is 11.9 Å². The van der Waals surface area contributed by atoms with Crippen molar-refractivity contribution >= 4 is 11.9 Å². The Morgan fingerprint density at radius 3 is 1.50 bits per heavy atom. The molecule has 0 aliphatic carbocycles. The van der Waals surface area contributed by atoms with E-state index in [2.05, 4.69) is 0 Å². The van der Waals surface area contributed by atoms with Crippen molar-refractivity contribution in [3.8, 4) is 24.7 Å². The molecular weight excluding hydrogens is 232 g/mol. The number of terminal acetylenes is 2. The normalized spacial score (nSPS) is 8.78. The Hall–Kier alpha value is -2.72. The second-order valence-electron chi connectivity index (χ2n) is 3.26. The average Bonchev–Trinajstić information content (AvgIpc) is 2.43. The van der Waals surface area contributed by atoms with Crippen LogP contribution in [0, 0.1) is 24.7 Å². The van der Waals surface area contributed by atoms with Gasteiger partial charge in [0.1, 0.15) is 13.2 Å². The zero-order valence-electron chi connectivity index (χ0n) is 9.51. The summed E-state index contributed by atoms with van der Waals surface area (Å²) in [4.78, 5) is 21.5. The van der Waals surface area contributed by atoms with Crippen LogP contribution in [0.2, 0.25) is 0 Å². The Balaban J connectivity index is 2.48. The summed E-state index contributed by atoms with van der Waals surface area (Å²) in [6.45, 7) is 0.209. The zero-order chi connectivity index (χ0) is 13.4. The van der Waals surface area contributed by atoms with Gasteiger partial charge < -0.3 is 9.47 Å². The second-order valence-corrected chi connectivity index (χ2v) is 3.26. The van der Waals surface area contributed by atoms with Crippen LogP contribution in [-0.2, 0) is 32.3 Å². The van der Waals surface area contributed by atoms with E-state index in [0.29, 0.717) is 0 Å². The molecule has 0 N–H and O–H groups in total. The molecule has 0 aliphatic rings. The summed E-state index contributed by atoms with van der Waals surface area (Å²) >= 11 is 0. The Labute approximate surface area is 105 Å². The minimum atomic E-state index is -0.706. The number of carbonyl (C=O) groups is 2. The molecule has 4 nitrogen and oxygen atoms in total. The highest BCUT2D eigenvalue weighted by Gasteiger charge is 2.01. The van der Waals surface area contributed by atoms with Gasteiger partial charge in [-0.15, -0.1) is 12.8 Å². The average molecular weight is 242 g/mol. The molecule has 0 aliphatic heterocycles. The van der Waals surface area contributed by atoms with Crippen molar-refractivity contribution in [2.75, 3.05) is 0 Å². The Bertz CT molecular complexity index is 465. The number of esters is 2. The molecular formula is C14H10O4. The van der Waals surface area contributed by atoms with Crippen LogP contribution in [0.1, 0.15) is 11.1 Å². The summed E-state index contributed by atoms with van der Waals surface area (Å²) in [5, 5.41) is 0. The number of carbonyl (C=O) groups excluding carboxylic acids is 2. The summed E-state index contributed by atoms with van der Waals surface area (Å²) in [5.74, 6) is 2.28. The molecule has 18 heavy (non-hydrogen) atoms. The van der Waals surface area contributed by atoms with Gasteiger partial charge in [0.25, 0.3) is 0 Å².